The largest absolute Gasteiger partial charge is 0.347 e. The van der Waals surface area contributed by atoms with Crippen LogP contribution in [0.4, 0.5) is 0 Å². The first kappa shape index (κ1) is 16.0. The fraction of sp³-hybridized carbons (Fsp3) is 0.412. The maximum Gasteiger partial charge on any atom is 0.201 e. The van der Waals surface area contributed by atoms with Gasteiger partial charge in [0.1, 0.15) is 0 Å². The average molecular weight is 329 g/mol. The van der Waals surface area contributed by atoms with E-state index >= 15 is 0 Å². The fourth-order valence-electron chi connectivity index (χ4n) is 3.37. The van der Waals surface area contributed by atoms with Crippen molar-refractivity contribution in [2.45, 2.75) is 38.6 Å². The summed E-state index contributed by atoms with van der Waals surface area (Å²) in [5.41, 5.74) is 7.39. The van der Waals surface area contributed by atoms with E-state index in [0.29, 0.717) is 5.11 Å². The Bertz CT molecular complexity index is 700. The van der Waals surface area contributed by atoms with Crippen molar-refractivity contribution in [1.29, 1.82) is 0 Å². The molecule has 0 amide bonds. The van der Waals surface area contributed by atoms with Gasteiger partial charge in [0.2, 0.25) is 5.11 Å². The maximum atomic E-state index is 5.22. The topological polar surface area (TPSA) is 67.4 Å². The van der Waals surface area contributed by atoms with Crippen molar-refractivity contribution in [2.24, 2.45) is 16.9 Å². The SMILES string of the molecule is NNC(=S)N/N=C/c1cn(CC2CCCCC2)c2ccccc12. The quantitative estimate of drug-likeness (QED) is 0.349. The Balaban J connectivity index is 1.82. The minimum atomic E-state index is 0.298. The molecule has 0 saturated heterocycles. The summed E-state index contributed by atoms with van der Waals surface area (Å²) in [5.74, 6) is 6.01. The predicted molar refractivity (Wildman–Crippen MR) is 99.2 cm³/mol. The zero-order valence-corrected chi connectivity index (χ0v) is 14.0. The number of benzene rings is 1. The Morgan fingerprint density at radius 2 is 2.09 bits per heavy atom. The molecule has 5 nitrogen and oxygen atoms in total. The summed E-state index contributed by atoms with van der Waals surface area (Å²) in [5, 5.41) is 5.66. The number of aromatic nitrogens is 1. The molecule has 1 aliphatic carbocycles. The first-order chi connectivity index (χ1) is 11.3. The maximum absolute atomic E-state index is 5.22. The number of hydrogen-bond acceptors (Lipinski definition) is 3. The van der Waals surface area contributed by atoms with Gasteiger partial charge in [-0.1, -0.05) is 37.5 Å². The molecule has 3 rings (SSSR count). The fourth-order valence-corrected chi connectivity index (χ4v) is 3.42. The number of hydrazone groups is 1. The molecular weight excluding hydrogens is 306 g/mol. The van der Waals surface area contributed by atoms with Crippen molar-refractivity contribution in [3.8, 4) is 0 Å². The van der Waals surface area contributed by atoms with Gasteiger partial charge < -0.3 is 4.57 Å². The van der Waals surface area contributed by atoms with Gasteiger partial charge in [0.15, 0.2) is 0 Å². The van der Waals surface area contributed by atoms with E-state index < -0.39 is 0 Å². The minimum Gasteiger partial charge on any atom is -0.347 e. The van der Waals surface area contributed by atoms with E-state index in [9.17, 15) is 0 Å². The molecule has 1 saturated carbocycles. The minimum absolute atomic E-state index is 0.298. The van der Waals surface area contributed by atoms with Gasteiger partial charge in [-0.3, -0.25) is 10.9 Å². The van der Waals surface area contributed by atoms with Crippen molar-refractivity contribution in [3.63, 3.8) is 0 Å². The Labute approximate surface area is 141 Å². The van der Waals surface area contributed by atoms with E-state index in [1.165, 1.54) is 43.0 Å². The molecular formula is C17H23N5S. The first-order valence-electron chi connectivity index (χ1n) is 8.15. The molecule has 23 heavy (non-hydrogen) atoms. The molecule has 0 bridgehead atoms. The summed E-state index contributed by atoms with van der Waals surface area (Å²) in [4.78, 5) is 0. The van der Waals surface area contributed by atoms with Gasteiger partial charge in [-0.2, -0.15) is 5.10 Å². The van der Waals surface area contributed by atoms with E-state index in [4.69, 9.17) is 18.1 Å². The highest BCUT2D eigenvalue weighted by Gasteiger charge is 2.15. The molecule has 1 heterocycles. The summed E-state index contributed by atoms with van der Waals surface area (Å²) in [7, 11) is 0. The number of hydrazine groups is 1. The van der Waals surface area contributed by atoms with E-state index in [2.05, 4.69) is 51.0 Å². The molecule has 0 atom stereocenters. The van der Waals surface area contributed by atoms with Crippen LogP contribution < -0.4 is 16.7 Å². The summed E-state index contributed by atoms with van der Waals surface area (Å²) in [6, 6.07) is 8.46. The Morgan fingerprint density at radius 3 is 2.87 bits per heavy atom. The number of rotatable bonds is 4. The highest BCUT2D eigenvalue weighted by atomic mass is 32.1. The zero-order chi connectivity index (χ0) is 16.1. The second-order valence-electron chi connectivity index (χ2n) is 6.10. The van der Waals surface area contributed by atoms with Crippen LogP contribution in [0.5, 0.6) is 0 Å². The van der Waals surface area contributed by atoms with Gasteiger partial charge in [0, 0.05) is 29.2 Å². The molecule has 0 spiro atoms. The molecule has 0 unspecified atom stereocenters. The highest BCUT2D eigenvalue weighted by molar-refractivity contribution is 7.80. The molecule has 1 aliphatic rings. The first-order valence-corrected chi connectivity index (χ1v) is 8.56. The summed E-state index contributed by atoms with van der Waals surface area (Å²) in [6.45, 7) is 1.09. The zero-order valence-electron chi connectivity index (χ0n) is 13.2. The summed E-state index contributed by atoms with van der Waals surface area (Å²) in [6.07, 6.45) is 10.8. The van der Waals surface area contributed by atoms with Crippen LogP contribution in [0.2, 0.25) is 0 Å². The van der Waals surface area contributed by atoms with Crippen LogP contribution in [-0.4, -0.2) is 15.9 Å². The molecule has 1 aromatic carbocycles. The normalized spacial score (nSPS) is 16.0. The molecule has 1 aromatic heterocycles. The number of thiocarbonyl (C=S) groups is 1. The van der Waals surface area contributed by atoms with Crippen LogP contribution in [0.15, 0.2) is 35.6 Å². The third kappa shape index (κ3) is 3.89. The lowest BCUT2D eigenvalue weighted by Crippen LogP contribution is -2.37. The predicted octanol–water partition coefficient (Wildman–Crippen LogP) is 2.89. The highest BCUT2D eigenvalue weighted by Crippen LogP contribution is 2.28. The van der Waals surface area contributed by atoms with Crippen molar-refractivity contribution in [1.82, 2.24) is 15.4 Å². The summed E-state index contributed by atoms with van der Waals surface area (Å²) < 4.78 is 2.37. The van der Waals surface area contributed by atoms with Gasteiger partial charge in [-0.25, -0.2) is 5.84 Å². The third-order valence-electron chi connectivity index (χ3n) is 4.50. The third-order valence-corrected chi connectivity index (χ3v) is 4.71. The Hall–Kier alpha value is -1.92. The van der Waals surface area contributed by atoms with Crippen LogP contribution in [-0.2, 0) is 6.54 Å². The molecule has 0 aliphatic heterocycles. The number of nitrogens with one attached hydrogen (secondary N) is 2. The van der Waals surface area contributed by atoms with Gasteiger partial charge in [-0.05, 0) is 37.0 Å². The van der Waals surface area contributed by atoms with Gasteiger partial charge >= 0.3 is 0 Å². The number of nitrogens with two attached hydrogens (primary N) is 1. The molecule has 6 heteroatoms. The summed E-state index contributed by atoms with van der Waals surface area (Å²) >= 11 is 4.91. The lowest BCUT2D eigenvalue weighted by Gasteiger charge is -2.22. The average Bonchev–Trinajstić information content (AvgIpc) is 2.94. The van der Waals surface area contributed by atoms with Crippen LogP contribution in [0.25, 0.3) is 10.9 Å². The molecule has 2 aromatic rings. The van der Waals surface area contributed by atoms with Crippen LogP contribution in [0.3, 0.4) is 0 Å². The second-order valence-corrected chi connectivity index (χ2v) is 6.51. The van der Waals surface area contributed by atoms with Crippen molar-refractivity contribution >= 4 is 34.4 Å². The number of hydrogen-bond donors (Lipinski definition) is 3. The molecule has 122 valence electrons. The molecule has 0 radical (unpaired) electrons. The number of nitrogens with zero attached hydrogens (tertiary/aromatic N) is 2. The smallest absolute Gasteiger partial charge is 0.201 e. The second kappa shape index (κ2) is 7.57. The van der Waals surface area contributed by atoms with Crippen LogP contribution in [0, 0.1) is 5.92 Å². The lowest BCUT2D eigenvalue weighted by atomic mass is 9.89. The number of fused-ring (bicyclic) bond motifs is 1. The Kier molecular flexibility index (Phi) is 5.25. The molecule has 4 N–H and O–H groups in total. The van der Waals surface area contributed by atoms with Crippen molar-refractivity contribution in [3.05, 3.63) is 36.0 Å². The monoisotopic (exact) mass is 329 g/mol. The van der Waals surface area contributed by atoms with Crippen molar-refractivity contribution < 1.29 is 0 Å². The number of para-hydroxylation sites is 1. The van der Waals surface area contributed by atoms with Gasteiger partial charge in [0.05, 0.1) is 6.21 Å². The van der Waals surface area contributed by atoms with Crippen LogP contribution in [0.1, 0.15) is 37.7 Å². The molecule has 1 fully saturated rings. The van der Waals surface area contributed by atoms with Gasteiger partial charge in [-0.15, -0.1) is 0 Å². The van der Waals surface area contributed by atoms with E-state index in [1.54, 1.807) is 6.21 Å². The standard InChI is InChI=1S/C17H23N5S/c18-20-17(23)21-19-10-14-12-22(11-13-6-2-1-3-7-13)16-9-5-4-8-15(14)16/h4-5,8-10,12-13H,1-3,6-7,11,18H2,(H2,20,21,23)/b19-10+. The van der Waals surface area contributed by atoms with E-state index in [-0.39, 0.29) is 0 Å². The van der Waals surface area contributed by atoms with Crippen LogP contribution >= 0.6 is 12.2 Å². The van der Waals surface area contributed by atoms with Crippen molar-refractivity contribution in [2.75, 3.05) is 0 Å². The Morgan fingerprint density at radius 1 is 1.30 bits per heavy atom. The van der Waals surface area contributed by atoms with E-state index in [0.717, 1.165) is 18.0 Å². The lowest BCUT2D eigenvalue weighted by molar-refractivity contribution is 0.322. The van der Waals surface area contributed by atoms with E-state index in [1.807, 2.05) is 0 Å². The van der Waals surface area contributed by atoms with Gasteiger partial charge in [0.25, 0.3) is 0 Å².